The number of fused-ring (bicyclic) bond motifs is 1. The van der Waals surface area contributed by atoms with Crippen molar-refractivity contribution >= 4 is 26.8 Å². The fraction of sp³-hybridized carbons (Fsp3) is 0.130. The van der Waals surface area contributed by atoms with E-state index in [-0.39, 0.29) is 0 Å². The third kappa shape index (κ3) is 4.24. The van der Waals surface area contributed by atoms with Crippen LogP contribution in [0.25, 0.3) is 22.3 Å². The third-order valence-electron chi connectivity index (χ3n) is 4.50. The first-order chi connectivity index (χ1) is 13.2. The molecule has 1 N–H and O–H groups in total. The molecule has 0 radical (unpaired) electrons. The van der Waals surface area contributed by atoms with Gasteiger partial charge in [-0.3, -0.25) is 0 Å². The normalized spacial score (nSPS) is 11.0. The molecule has 1 aromatic heterocycles. The Morgan fingerprint density at radius 1 is 0.852 bits per heavy atom. The minimum atomic E-state index is 0.695. The van der Waals surface area contributed by atoms with Crippen LogP contribution in [0.4, 0.5) is 0 Å². The van der Waals surface area contributed by atoms with Crippen LogP contribution in [0.3, 0.4) is 0 Å². The maximum Gasteiger partial charge on any atom is 0.160 e. The quantitative estimate of drug-likeness (QED) is 0.455. The largest absolute Gasteiger partial charge is 0.307 e. The van der Waals surface area contributed by atoms with Gasteiger partial charge in [0.25, 0.3) is 0 Å². The third-order valence-corrected chi connectivity index (χ3v) is 5.03. The van der Waals surface area contributed by atoms with Crippen LogP contribution in [-0.2, 0) is 13.1 Å². The molecule has 4 heteroatoms. The maximum atomic E-state index is 4.88. The van der Waals surface area contributed by atoms with Gasteiger partial charge in [-0.15, -0.1) is 0 Å². The van der Waals surface area contributed by atoms with Gasteiger partial charge in [-0.1, -0.05) is 70.0 Å². The number of nitrogens with one attached hydrogen (secondary N) is 1. The molecule has 3 aromatic carbocycles. The first kappa shape index (κ1) is 17.8. The molecule has 134 valence electrons. The molecule has 3 nitrogen and oxygen atoms in total. The number of halogens is 1. The van der Waals surface area contributed by atoms with Crippen molar-refractivity contribution in [2.45, 2.75) is 20.0 Å². The molecule has 0 atom stereocenters. The van der Waals surface area contributed by atoms with E-state index in [0.29, 0.717) is 6.54 Å². The van der Waals surface area contributed by atoms with Crippen molar-refractivity contribution in [3.8, 4) is 11.4 Å². The van der Waals surface area contributed by atoms with Crippen molar-refractivity contribution in [2.24, 2.45) is 0 Å². The molecule has 0 amide bonds. The van der Waals surface area contributed by atoms with E-state index in [9.17, 15) is 0 Å². The van der Waals surface area contributed by atoms with Gasteiger partial charge in [0, 0.05) is 28.5 Å². The van der Waals surface area contributed by atoms with Gasteiger partial charge in [-0.25, -0.2) is 9.97 Å². The second-order valence-electron chi connectivity index (χ2n) is 6.61. The second kappa shape index (κ2) is 7.99. The summed E-state index contributed by atoms with van der Waals surface area (Å²) in [5, 5.41) is 4.63. The predicted octanol–water partition coefficient (Wildman–Crippen LogP) is 5.66. The van der Waals surface area contributed by atoms with Crippen LogP contribution in [0.5, 0.6) is 0 Å². The molecular weight excluding hydrogens is 398 g/mol. The van der Waals surface area contributed by atoms with E-state index >= 15 is 0 Å². The van der Waals surface area contributed by atoms with Crippen molar-refractivity contribution in [1.29, 1.82) is 0 Å². The van der Waals surface area contributed by atoms with E-state index in [0.717, 1.165) is 39.0 Å². The Hall–Kier alpha value is -2.56. The smallest absolute Gasteiger partial charge is 0.160 e. The molecule has 0 unspecified atom stereocenters. The number of benzene rings is 3. The zero-order valence-electron chi connectivity index (χ0n) is 15.1. The summed E-state index contributed by atoms with van der Waals surface area (Å²) in [6.07, 6.45) is 0. The van der Waals surface area contributed by atoms with Crippen molar-refractivity contribution in [3.05, 3.63) is 94.1 Å². The van der Waals surface area contributed by atoms with Gasteiger partial charge in [0.2, 0.25) is 0 Å². The fourth-order valence-corrected chi connectivity index (χ4v) is 3.35. The van der Waals surface area contributed by atoms with Gasteiger partial charge >= 0.3 is 0 Å². The number of nitrogens with zero attached hydrogens (tertiary/aromatic N) is 2. The maximum absolute atomic E-state index is 4.88. The lowest BCUT2D eigenvalue weighted by atomic mass is 10.1. The highest BCUT2D eigenvalue weighted by molar-refractivity contribution is 9.10. The lowest BCUT2D eigenvalue weighted by Gasteiger charge is -2.11. The molecule has 0 aliphatic rings. The van der Waals surface area contributed by atoms with Crippen LogP contribution in [-0.4, -0.2) is 9.97 Å². The summed E-state index contributed by atoms with van der Waals surface area (Å²) in [5.74, 6) is 0.760. The van der Waals surface area contributed by atoms with E-state index in [1.54, 1.807) is 0 Å². The molecule has 0 bridgehead atoms. The summed E-state index contributed by atoms with van der Waals surface area (Å²) in [6.45, 7) is 3.61. The van der Waals surface area contributed by atoms with Crippen LogP contribution in [0.2, 0.25) is 0 Å². The minimum Gasteiger partial charge on any atom is -0.307 e. The Labute approximate surface area is 167 Å². The molecule has 27 heavy (non-hydrogen) atoms. The first-order valence-electron chi connectivity index (χ1n) is 8.97. The van der Waals surface area contributed by atoms with E-state index < -0.39 is 0 Å². The molecule has 0 spiro atoms. The van der Waals surface area contributed by atoms with Gasteiger partial charge in [0.05, 0.1) is 11.2 Å². The van der Waals surface area contributed by atoms with Crippen LogP contribution < -0.4 is 5.32 Å². The van der Waals surface area contributed by atoms with Crippen LogP contribution in [0.15, 0.2) is 77.3 Å². The second-order valence-corrected chi connectivity index (χ2v) is 7.53. The predicted molar refractivity (Wildman–Crippen MR) is 114 cm³/mol. The Morgan fingerprint density at radius 2 is 1.63 bits per heavy atom. The van der Waals surface area contributed by atoms with Crippen molar-refractivity contribution < 1.29 is 0 Å². The lowest BCUT2D eigenvalue weighted by Crippen LogP contribution is -2.14. The fourth-order valence-electron chi connectivity index (χ4n) is 3.09. The minimum absolute atomic E-state index is 0.695. The molecular formula is C23H20BrN3. The van der Waals surface area contributed by atoms with E-state index in [1.807, 2.05) is 30.3 Å². The van der Waals surface area contributed by atoms with Gasteiger partial charge < -0.3 is 5.32 Å². The Morgan fingerprint density at radius 3 is 2.41 bits per heavy atom. The highest BCUT2D eigenvalue weighted by atomic mass is 79.9. The number of hydrogen-bond donors (Lipinski definition) is 1. The zero-order valence-corrected chi connectivity index (χ0v) is 16.7. The monoisotopic (exact) mass is 417 g/mol. The summed E-state index contributed by atoms with van der Waals surface area (Å²) < 4.78 is 1.05. The summed E-state index contributed by atoms with van der Waals surface area (Å²) in [7, 11) is 0. The zero-order chi connectivity index (χ0) is 18.6. The van der Waals surface area contributed by atoms with Crippen LogP contribution in [0, 0.1) is 6.92 Å². The number of aryl methyl sites for hydroxylation is 1. The number of rotatable bonds is 5. The molecule has 1 heterocycles. The molecule has 4 rings (SSSR count). The summed E-state index contributed by atoms with van der Waals surface area (Å²) >= 11 is 3.49. The molecule has 4 aromatic rings. The average Bonchev–Trinajstić information content (AvgIpc) is 2.69. The van der Waals surface area contributed by atoms with Crippen molar-refractivity contribution in [1.82, 2.24) is 15.3 Å². The SMILES string of the molecule is Cc1ccc2nc(-c3ccc(Br)cc3)nc(CNCc3ccccc3)c2c1. The number of hydrogen-bond acceptors (Lipinski definition) is 3. The van der Waals surface area contributed by atoms with E-state index in [2.05, 4.69) is 70.6 Å². The number of aromatic nitrogens is 2. The topological polar surface area (TPSA) is 37.8 Å². The first-order valence-corrected chi connectivity index (χ1v) is 9.76. The van der Waals surface area contributed by atoms with Gasteiger partial charge in [0.15, 0.2) is 5.82 Å². The van der Waals surface area contributed by atoms with Crippen molar-refractivity contribution in [3.63, 3.8) is 0 Å². The van der Waals surface area contributed by atoms with E-state index in [1.165, 1.54) is 11.1 Å². The Balaban J connectivity index is 1.68. The lowest BCUT2D eigenvalue weighted by molar-refractivity contribution is 0.683. The molecule has 0 fully saturated rings. The standard InChI is InChI=1S/C23H20BrN3/c1-16-7-12-21-20(13-16)22(15-25-14-17-5-3-2-4-6-17)27-23(26-21)18-8-10-19(24)11-9-18/h2-13,25H,14-15H2,1H3. The summed E-state index contributed by atoms with van der Waals surface area (Å²) in [5.41, 5.74) is 5.50. The van der Waals surface area contributed by atoms with Crippen LogP contribution >= 0.6 is 15.9 Å². The van der Waals surface area contributed by atoms with E-state index in [4.69, 9.17) is 9.97 Å². The molecule has 0 aliphatic carbocycles. The Kier molecular flexibility index (Phi) is 5.28. The highest BCUT2D eigenvalue weighted by Gasteiger charge is 2.10. The summed E-state index contributed by atoms with van der Waals surface area (Å²) in [6, 6.07) is 24.9. The molecule has 0 saturated carbocycles. The Bertz CT molecular complexity index is 1060. The van der Waals surface area contributed by atoms with Gasteiger partial charge in [-0.2, -0.15) is 0 Å². The summed E-state index contributed by atoms with van der Waals surface area (Å²) in [4.78, 5) is 9.67. The molecule has 0 saturated heterocycles. The van der Waals surface area contributed by atoms with Crippen LogP contribution in [0.1, 0.15) is 16.8 Å². The average molecular weight is 418 g/mol. The highest BCUT2D eigenvalue weighted by Crippen LogP contribution is 2.24. The molecule has 0 aliphatic heterocycles. The van der Waals surface area contributed by atoms with Gasteiger partial charge in [-0.05, 0) is 36.8 Å². The van der Waals surface area contributed by atoms with Crippen molar-refractivity contribution in [2.75, 3.05) is 0 Å². The van der Waals surface area contributed by atoms with Gasteiger partial charge in [0.1, 0.15) is 0 Å².